The van der Waals surface area contributed by atoms with Crippen LogP contribution in [-0.2, 0) is 19.1 Å². The molecule has 0 bridgehead atoms. The number of allylic oxidation sites excluding steroid dienone is 4. The number of carbonyl (C=O) groups excluding carboxylic acids is 3. The zero-order valence-electron chi connectivity index (χ0n) is 18.2. The Balaban J connectivity index is 1.70. The Morgan fingerprint density at radius 1 is 1.30 bits per heavy atom. The van der Waals surface area contributed by atoms with Gasteiger partial charge in [-0.3, -0.25) is 14.4 Å². The molecule has 3 saturated carbocycles. The van der Waals surface area contributed by atoms with Gasteiger partial charge in [0.25, 0.3) is 0 Å². The second kappa shape index (κ2) is 6.86. The number of hydrogen-bond acceptors (Lipinski definition) is 6. The predicted molar refractivity (Wildman–Crippen MR) is 109 cm³/mol. The van der Waals surface area contributed by atoms with Crippen LogP contribution >= 0.6 is 0 Å². The van der Waals surface area contributed by atoms with E-state index in [1.165, 1.54) is 6.92 Å². The molecule has 0 unspecified atom stereocenters. The summed E-state index contributed by atoms with van der Waals surface area (Å²) in [4.78, 5) is 36.1. The van der Waals surface area contributed by atoms with Crippen molar-refractivity contribution in [3.05, 3.63) is 23.8 Å². The summed E-state index contributed by atoms with van der Waals surface area (Å²) in [6, 6.07) is 0. The second-order valence-corrected chi connectivity index (χ2v) is 10.3. The maximum absolute atomic E-state index is 12.9. The largest absolute Gasteiger partial charge is 0.458 e. The lowest BCUT2D eigenvalue weighted by atomic mass is 9.45. The van der Waals surface area contributed by atoms with E-state index in [9.17, 15) is 24.6 Å². The maximum Gasteiger partial charge on any atom is 0.303 e. The van der Waals surface area contributed by atoms with Gasteiger partial charge in [-0.1, -0.05) is 32.4 Å². The lowest BCUT2D eigenvalue weighted by Gasteiger charge is -2.60. The molecule has 0 radical (unpaired) electrons. The maximum atomic E-state index is 12.9. The topological polar surface area (TPSA) is 101 Å². The van der Waals surface area contributed by atoms with Crippen molar-refractivity contribution in [1.29, 1.82) is 0 Å². The molecule has 6 nitrogen and oxygen atoms in total. The van der Waals surface area contributed by atoms with Gasteiger partial charge in [-0.2, -0.15) is 0 Å². The van der Waals surface area contributed by atoms with Gasteiger partial charge in [-0.25, -0.2) is 0 Å². The Morgan fingerprint density at radius 3 is 2.67 bits per heavy atom. The van der Waals surface area contributed by atoms with Gasteiger partial charge in [0.2, 0.25) is 5.78 Å². The summed E-state index contributed by atoms with van der Waals surface area (Å²) in [5.41, 5.74) is -1.72. The van der Waals surface area contributed by atoms with E-state index < -0.39 is 40.9 Å². The zero-order chi connectivity index (χ0) is 22.1. The van der Waals surface area contributed by atoms with Gasteiger partial charge < -0.3 is 14.9 Å². The van der Waals surface area contributed by atoms with Crippen LogP contribution in [0.1, 0.15) is 53.4 Å². The normalized spacial score (nSPS) is 47.1. The van der Waals surface area contributed by atoms with Crippen LogP contribution in [-0.4, -0.2) is 46.1 Å². The number of aliphatic hydroxyl groups is 2. The Hall–Kier alpha value is -1.79. The van der Waals surface area contributed by atoms with Gasteiger partial charge in [0.05, 0.1) is 6.10 Å². The summed E-state index contributed by atoms with van der Waals surface area (Å²) >= 11 is 0. The average molecular weight is 417 g/mol. The molecule has 0 heterocycles. The van der Waals surface area contributed by atoms with Gasteiger partial charge in [-0.15, -0.1) is 0 Å². The molecule has 0 aromatic heterocycles. The predicted octanol–water partition coefficient (Wildman–Crippen LogP) is 2.37. The van der Waals surface area contributed by atoms with Crippen LogP contribution in [0.15, 0.2) is 23.8 Å². The highest BCUT2D eigenvalue weighted by Crippen LogP contribution is 2.67. The fourth-order valence-corrected chi connectivity index (χ4v) is 7.50. The Bertz CT molecular complexity index is 858. The highest BCUT2D eigenvalue weighted by atomic mass is 16.5. The standard InChI is InChI=1S/C24H32O6/c1-13-9-16-17-6-8-24(29,20(28)12-30-14(2)25)23(17,4)11-19(27)21(16)22(3)7-5-15(26)10-18(13)22/h5,7,10,13,16-17,19,21,27,29H,6,8-9,11-12H2,1-4H3/t13-,16-,17+,19+,21-,22-,23-,24-/m0/s1. The summed E-state index contributed by atoms with van der Waals surface area (Å²) in [5.74, 6) is -0.712. The number of fused-ring (bicyclic) bond motifs is 5. The molecule has 164 valence electrons. The SMILES string of the molecule is CC(=O)OCC(=O)[C@@]1(O)CC[C@@H]2[C@@H]3C[C@H](C)C4=CC(=O)C=C[C@]4(C)[C@@H]3[C@H](O)C[C@@]21C. The number of ether oxygens (including phenoxy) is 1. The fraction of sp³-hybridized carbons (Fsp3) is 0.708. The lowest BCUT2D eigenvalue weighted by Crippen LogP contribution is -2.62. The fourth-order valence-electron chi connectivity index (χ4n) is 7.50. The Morgan fingerprint density at radius 2 is 2.00 bits per heavy atom. The van der Waals surface area contributed by atoms with Crippen molar-refractivity contribution >= 4 is 17.5 Å². The number of ketones is 2. The number of rotatable bonds is 3. The molecular formula is C24H32O6. The Kier molecular flexibility index (Phi) is 4.90. The lowest BCUT2D eigenvalue weighted by molar-refractivity contribution is -0.182. The van der Waals surface area contributed by atoms with Crippen LogP contribution in [0, 0.1) is 34.5 Å². The summed E-state index contributed by atoms with van der Waals surface area (Å²) in [6.07, 6.45) is 6.71. The van der Waals surface area contributed by atoms with Crippen molar-refractivity contribution in [3.63, 3.8) is 0 Å². The van der Waals surface area contributed by atoms with Crippen LogP contribution in [0.3, 0.4) is 0 Å². The molecule has 6 heteroatoms. The van der Waals surface area contributed by atoms with E-state index in [-0.39, 0.29) is 29.5 Å². The van der Waals surface area contributed by atoms with E-state index >= 15 is 0 Å². The minimum atomic E-state index is -1.61. The van der Waals surface area contributed by atoms with Gasteiger partial charge in [0.1, 0.15) is 5.60 Å². The quantitative estimate of drug-likeness (QED) is 0.685. The smallest absolute Gasteiger partial charge is 0.303 e. The number of esters is 1. The van der Waals surface area contributed by atoms with E-state index in [0.29, 0.717) is 19.3 Å². The minimum absolute atomic E-state index is 0.00535. The summed E-state index contributed by atoms with van der Waals surface area (Å²) in [6.45, 7) is 6.94. The third-order valence-corrected chi connectivity index (χ3v) is 8.84. The van der Waals surface area contributed by atoms with Crippen LogP contribution in [0.4, 0.5) is 0 Å². The summed E-state index contributed by atoms with van der Waals surface area (Å²) < 4.78 is 4.89. The average Bonchev–Trinajstić information content (AvgIpc) is 2.93. The van der Waals surface area contributed by atoms with Gasteiger partial charge in [0.15, 0.2) is 12.4 Å². The van der Waals surface area contributed by atoms with Crippen LogP contribution in [0.5, 0.6) is 0 Å². The summed E-state index contributed by atoms with van der Waals surface area (Å²) in [5, 5.41) is 22.9. The highest BCUT2D eigenvalue weighted by Gasteiger charge is 2.68. The minimum Gasteiger partial charge on any atom is -0.458 e. The van der Waals surface area contributed by atoms with Crippen LogP contribution < -0.4 is 0 Å². The van der Waals surface area contributed by atoms with Crippen LogP contribution in [0.2, 0.25) is 0 Å². The van der Waals surface area contributed by atoms with E-state index in [1.807, 2.05) is 13.0 Å². The molecule has 3 fully saturated rings. The van der Waals surface area contributed by atoms with Crippen LogP contribution in [0.25, 0.3) is 0 Å². The van der Waals surface area contributed by atoms with E-state index in [4.69, 9.17) is 4.74 Å². The molecule has 8 atom stereocenters. The van der Waals surface area contributed by atoms with Gasteiger partial charge >= 0.3 is 5.97 Å². The Labute approximate surface area is 177 Å². The third kappa shape index (κ3) is 2.79. The molecule has 0 aliphatic heterocycles. The second-order valence-electron chi connectivity index (χ2n) is 10.3. The molecule has 4 aliphatic carbocycles. The number of hydrogen-bond donors (Lipinski definition) is 2. The number of Topliss-reactive ketones (excluding diaryl/α,β-unsaturated/α-hetero) is 1. The van der Waals surface area contributed by atoms with Crippen molar-refractivity contribution in [2.75, 3.05) is 6.61 Å². The first-order chi connectivity index (χ1) is 13.9. The van der Waals surface area contributed by atoms with Crippen molar-refractivity contribution in [3.8, 4) is 0 Å². The monoisotopic (exact) mass is 416 g/mol. The third-order valence-electron chi connectivity index (χ3n) is 8.84. The van der Waals surface area contributed by atoms with E-state index in [0.717, 1.165) is 12.0 Å². The molecule has 0 amide bonds. The first-order valence-corrected chi connectivity index (χ1v) is 11.0. The van der Waals surface area contributed by atoms with Crippen molar-refractivity contribution in [2.45, 2.75) is 65.1 Å². The zero-order valence-corrected chi connectivity index (χ0v) is 18.2. The van der Waals surface area contributed by atoms with Gasteiger partial charge in [0, 0.05) is 23.7 Å². The summed E-state index contributed by atoms with van der Waals surface area (Å²) in [7, 11) is 0. The van der Waals surface area contributed by atoms with E-state index in [2.05, 4.69) is 13.8 Å². The molecule has 30 heavy (non-hydrogen) atoms. The number of carbonyl (C=O) groups is 3. The molecule has 0 saturated heterocycles. The first kappa shape index (κ1) is 21.4. The van der Waals surface area contributed by atoms with E-state index in [1.54, 1.807) is 12.2 Å². The molecule has 0 spiro atoms. The molecule has 0 aromatic rings. The highest BCUT2D eigenvalue weighted by molar-refractivity contribution is 6.01. The van der Waals surface area contributed by atoms with Gasteiger partial charge in [-0.05, 0) is 55.6 Å². The molecule has 2 N–H and O–H groups in total. The molecule has 4 aliphatic rings. The molecule has 4 rings (SSSR count). The van der Waals surface area contributed by atoms with Crippen molar-refractivity contribution in [2.24, 2.45) is 34.5 Å². The van der Waals surface area contributed by atoms with Crippen molar-refractivity contribution in [1.82, 2.24) is 0 Å². The number of aliphatic hydroxyl groups excluding tert-OH is 1. The first-order valence-electron chi connectivity index (χ1n) is 11.0. The molecular weight excluding hydrogens is 384 g/mol. The van der Waals surface area contributed by atoms with Crippen molar-refractivity contribution < 1.29 is 29.3 Å². The molecule has 0 aromatic carbocycles.